The Hall–Kier alpha value is -1.32. The highest BCUT2D eigenvalue weighted by Gasteiger charge is 2.11. The van der Waals surface area contributed by atoms with Gasteiger partial charge in [0.15, 0.2) is 0 Å². The van der Waals surface area contributed by atoms with Crippen LogP contribution < -0.4 is 5.32 Å². The van der Waals surface area contributed by atoms with Gasteiger partial charge >= 0.3 is 0 Å². The van der Waals surface area contributed by atoms with E-state index in [-0.39, 0.29) is 18.6 Å². The molecule has 19 heavy (non-hydrogen) atoms. The average Bonchev–Trinajstić information content (AvgIpc) is 2.38. The zero-order valence-electron chi connectivity index (χ0n) is 11.3. The van der Waals surface area contributed by atoms with Crippen molar-refractivity contribution in [3.63, 3.8) is 0 Å². The molecule has 104 valence electrons. The first-order valence-corrected chi connectivity index (χ1v) is 6.80. The number of amides is 1. The summed E-state index contributed by atoms with van der Waals surface area (Å²) in [5, 5.41) is 12.5. The van der Waals surface area contributed by atoms with Crippen LogP contribution in [0.3, 0.4) is 0 Å². The molecule has 0 aliphatic rings. The van der Waals surface area contributed by atoms with Crippen LogP contribution in [0.25, 0.3) is 6.08 Å². The van der Waals surface area contributed by atoms with E-state index >= 15 is 0 Å². The average molecular weight is 282 g/mol. The van der Waals surface area contributed by atoms with Gasteiger partial charge in [-0.15, -0.1) is 0 Å². The minimum absolute atomic E-state index is 0.0141. The Morgan fingerprint density at radius 1 is 1.53 bits per heavy atom. The van der Waals surface area contributed by atoms with E-state index in [9.17, 15) is 4.79 Å². The Morgan fingerprint density at radius 3 is 2.84 bits per heavy atom. The van der Waals surface area contributed by atoms with Crippen LogP contribution >= 0.6 is 11.6 Å². The maximum absolute atomic E-state index is 12.0. The SMILES string of the molecule is CCC(CCO)NC(=O)/C(C)=C/c1cccc(Cl)c1. The molecule has 0 saturated carbocycles. The fourth-order valence-electron chi connectivity index (χ4n) is 1.75. The van der Waals surface area contributed by atoms with E-state index in [0.717, 1.165) is 12.0 Å². The highest BCUT2D eigenvalue weighted by Crippen LogP contribution is 2.14. The van der Waals surface area contributed by atoms with E-state index in [4.69, 9.17) is 16.7 Å². The molecule has 0 aromatic heterocycles. The summed E-state index contributed by atoms with van der Waals surface area (Å²) in [6, 6.07) is 7.36. The van der Waals surface area contributed by atoms with Crippen molar-refractivity contribution in [1.29, 1.82) is 0 Å². The van der Waals surface area contributed by atoms with Crippen molar-refractivity contribution < 1.29 is 9.90 Å². The number of carbonyl (C=O) groups excluding carboxylic acids is 1. The number of halogens is 1. The minimum atomic E-state index is -0.111. The summed E-state index contributed by atoms with van der Waals surface area (Å²) in [7, 11) is 0. The van der Waals surface area contributed by atoms with E-state index in [1.165, 1.54) is 0 Å². The molecule has 0 saturated heterocycles. The van der Waals surface area contributed by atoms with Gasteiger partial charge in [-0.2, -0.15) is 0 Å². The van der Waals surface area contributed by atoms with Crippen LogP contribution in [0.4, 0.5) is 0 Å². The molecule has 1 atom stereocenters. The molecule has 0 bridgehead atoms. The van der Waals surface area contributed by atoms with Crippen molar-refractivity contribution in [3.05, 3.63) is 40.4 Å². The van der Waals surface area contributed by atoms with Gasteiger partial charge in [-0.1, -0.05) is 30.7 Å². The van der Waals surface area contributed by atoms with Crippen LogP contribution in [-0.4, -0.2) is 23.7 Å². The molecule has 3 nitrogen and oxygen atoms in total. The van der Waals surface area contributed by atoms with Gasteiger partial charge in [0, 0.05) is 23.2 Å². The molecule has 0 radical (unpaired) electrons. The first-order valence-electron chi connectivity index (χ1n) is 6.42. The lowest BCUT2D eigenvalue weighted by Crippen LogP contribution is -2.35. The highest BCUT2D eigenvalue weighted by atomic mass is 35.5. The Bertz CT molecular complexity index is 457. The van der Waals surface area contributed by atoms with Gasteiger partial charge in [-0.3, -0.25) is 4.79 Å². The quantitative estimate of drug-likeness (QED) is 0.788. The summed E-state index contributed by atoms with van der Waals surface area (Å²) in [5.74, 6) is -0.111. The van der Waals surface area contributed by atoms with Crippen LogP contribution in [-0.2, 0) is 4.79 Å². The fourth-order valence-corrected chi connectivity index (χ4v) is 1.94. The lowest BCUT2D eigenvalue weighted by molar-refractivity contribution is -0.118. The fraction of sp³-hybridized carbons (Fsp3) is 0.400. The van der Waals surface area contributed by atoms with Crippen LogP contribution in [0, 0.1) is 0 Å². The summed E-state index contributed by atoms with van der Waals surface area (Å²) >= 11 is 5.90. The van der Waals surface area contributed by atoms with Gasteiger partial charge in [0.25, 0.3) is 0 Å². The summed E-state index contributed by atoms with van der Waals surface area (Å²) < 4.78 is 0. The first kappa shape index (κ1) is 15.7. The van der Waals surface area contributed by atoms with Gasteiger partial charge in [0.1, 0.15) is 0 Å². The molecular formula is C15H20ClNO2. The molecule has 1 unspecified atom stereocenters. The summed E-state index contributed by atoms with van der Waals surface area (Å²) in [6.45, 7) is 3.83. The number of aliphatic hydroxyl groups is 1. The van der Waals surface area contributed by atoms with E-state index in [2.05, 4.69) is 5.32 Å². The third-order valence-electron chi connectivity index (χ3n) is 2.90. The summed E-state index contributed by atoms with van der Waals surface area (Å²) in [5.41, 5.74) is 1.52. The molecule has 0 heterocycles. The predicted molar refractivity (Wildman–Crippen MR) is 79.0 cm³/mol. The van der Waals surface area contributed by atoms with Gasteiger partial charge in [0.05, 0.1) is 0 Å². The lowest BCUT2D eigenvalue weighted by atomic mass is 10.1. The number of rotatable bonds is 6. The molecule has 1 aromatic carbocycles. The molecule has 1 aromatic rings. The predicted octanol–water partition coefficient (Wildman–Crippen LogP) is 3.02. The van der Waals surface area contributed by atoms with E-state index in [1.54, 1.807) is 19.1 Å². The lowest BCUT2D eigenvalue weighted by Gasteiger charge is -2.15. The normalized spacial score (nSPS) is 13.2. The smallest absolute Gasteiger partial charge is 0.247 e. The van der Waals surface area contributed by atoms with Crippen molar-refractivity contribution in [2.75, 3.05) is 6.61 Å². The van der Waals surface area contributed by atoms with Crippen LogP contribution in [0.2, 0.25) is 5.02 Å². The molecule has 1 amide bonds. The molecule has 0 aliphatic carbocycles. The number of hydrogen-bond donors (Lipinski definition) is 2. The highest BCUT2D eigenvalue weighted by molar-refractivity contribution is 6.30. The van der Waals surface area contributed by atoms with Gasteiger partial charge in [-0.05, 0) is 43.5 Å². The second kappa shape index (κ2) is 7.97. The Labute approximate surface area is 119 Å². The Kier molecular flexibility index (Phi) is 6.60. The topological polar surface area (TPSA) is 49.3 Å². The van der Waals surface area contributed by atoms with E-state index in [1.807, 2.05) is 25.1 Å². The number of benzene rings is 1. The van der Waals surface area contributed by atoms with Gasteiger partial charge in [-0.25, -0.2) is 0 Å². The zero-order chi connectivity index (χ0) is 14.3. The molecule has 0 aliphatic heterocycles. The van der Waals surface area contributed by atoms with Gasteiger partial charge < -0.3 is 10.4 Å². The molecule has 0 spiro atoms. The third kappa shape index (κ3) is 5.45. The molecular weight excluding hydrogens is 262 g/mol. The summed E-state index contributed by atoms with van der Waals surface area (Å²) in [6.07, 6.45) is 3.18. The summed E-state index contributed by atoms with van der Waals surface area (Å²) in [4.78, 5) is 12.0. The second-order valence-corrected chi connectivity index (χ2v) is 4.91. The number of nitrogens with one attached hydrogen (secondary N) is 1. The van der Waals surface area contributed by atoms with Crippen molar-refractivity contribution in [2.24, 2.45) is 0 Å². The molecule has 1 rings (SSSR count). The van der Waals surface area contributed by atoms with Crippen LogP contribution in [0.5, 0.6) is 0 Å². The van der Waals surface area contributed by atoms with Crippen molar-refractivity contribution in [1.82, 2.24) is 5.32 Å². The molecule has 4 heteroatoms. The van der Waals surface area contributed by atoms with E-state index in [0.29, 0.717) is 17.0 Å². The number of aliphatic hydroxyl groups excluding tert-OH is 1. The Morgan fingerprint density at radius 2 is 2.26 bits per heavy atom. The van der Waals surface area contributed by atoms with E-state index < -0.39 is 0 Å². The monoisotopic (exact) mass is 281 g/mol. The Balaban J connectivity index is 2.70. The largest absolute Gasteiger partial charge is 0.396 e. The van der Waals surface area contributed by atoms with Crippen LogP contribution in [0.1, 0.15) is 32.3 Å². The third-order valence-corrected chi connectivity index (χ3v) is 3.13. The maximum Gasteiger partial charge on any atom is 0.247 e. The molecule has 2 N–H and O–H groups in total. The minimum Gasteiger partial charge on any atom is -0.396 e. The first-order chi connectivity index (χ1) is 9.06. The van der Waals surface area contributed by atoms with Crippen LogP contribution in [0.15, 0.2) is 29.8 Å². The van der Waals surface area contributed by atoms with Gasteiger partial charge in [0.2, 0.25) is 5.91 Å². The zero-order valence-corrected chi connectivity index (χ0v) is 12.1. The second-order valence-electron chi connectivity index (χ2n) is 4.47. The number of carbonyl (C=O) groups is 1. The maximum atomic E-state index is 12.0. The number of hydrogen-bond acceptors (Lipinski definition) is 2. The van der Waals surface area contributed by atoms with Crippen molar-refractivity contribution in [3.8, 4) is 0 Å². The molecule has 0 fully saturated rings. The standard InChI is InChI=1S/C15H20ClNO2/c1-3-14(7-8-18)17-15(19)11(2)9-12-5-4-6-13(16)10-12/h4-6,9-10,14,18H,3,7-8H2,1-2H3,(H,17,19)/b11-9+. The van der Waals surface area contributed by atoms with Crippen molar-refractivity contribution in [2.45, 2.75) is 32.7 Å². The van der Waals surface area contributed by atoms with Crippen molar-refractivity contribution >= 4 is 23.6 Å².